The molecule has 4 heterocycles. The molecule has 0 radical (unpaired) electrons. The zero-order valence-corrected chi connectivity index (χ0v) is 31.7. The summed E-state index contributed by atoms with van der Waals surface area (Å²) in [7, 11) is 0. The summed E-state index contributed by atoms with van der Waals surface area (Å²) >= 11 is 0. The van der Waals surface area contributed by atoms with E-state index in [9.17, 15) is 0 Å². The van der Waals surface area contributed by atoms with Crippen LogP contribution in [0.3, 0.4) is 0 Å². The SMILES string of the molecule is C1=CC(n2c3ccccc3c3ccc4c5ccccc5n(-c5ccc(-n6c7ccccc7c7ccc8c9ccccc9n(-c9ccccc9)c8c76)cc5)c4c32)=CCC1. The Morgan fingerprint density at radius 1 is 0.276 bits per heavy atom. The van der Waals surface area contributed by atoms with Crippen LogP contribution in [0.15, 0.2) is 194 Å². The summed E-state index contributed by atoms with van der Waals surface area (Å²) in [5, 5.41) is 10.1. The molecule has 1 aliphatic rings. The van der Waals surface area contributed by atoms with Gasteiger partial charge in [0.2, 0.25) is 0 Å². The van der Waals surface area contributed by atoms with Crippen molar-refractivity contribution in [1.82, 2.24) is 18.3 Å². The Bertz CT molecular complexity index is 3710. The summed E-state index contributed by atoms with van der Waals surface area (Å²) in [5.74, 6) is 0. The van der Waals surface area contributed by atoms with Gasteiger partial charge in [-0.15, -0.1) is 0 Å². The molecule has 13 rings (SSSR count). The fourth-order valence-electron chi connectivity index (χ4n) is 10.2. The van der Waals surface area contributed by atoms with Crippen molar-refractivity contribution in [2.45, 2.75) is 12.8 Å². The Morgan fingerprint density at radius 3 is 1.02 bits per heavy atom. The van der Waals surface area contributed by atoms with E-state index in [1.165, 1.54) is 92.9 Å². The summed E-state index contributed by atoms with van der Waals surface area (Å²) in [6, 6.07) is 64.8. The second-order valence-electron chi connectivity index (χ2n) is 15.6. The first kappa shape index (κ1) is 31.6. The van der Waals surface area contributed by atoms with Crippen LogP contribution in [0.5, 0.6) is 0 Å². The van der Waals surface area contributed by atoms with Crippen LogP contribution in [-0.2, 0) is 0 Å². The van der Waals surface area contributed by atoms with Crippen molar-refractivity contribution in [2.24, 2.45) is 0 Å². The number of hydrogen-bond donors (Lipinski definition) is 0. The fraction of sp³-hybridized carbons (Fsp3) is 0.0370. The van der Waals surface area contributed by atoms with Crippen molar-refractivity contribution in [3.63, 3.8) is 0 Å². The molecule has 0 amide bonds. The second kappa shape index (κ2) is 12.0. The van der Waals surface area contributed by atoms with Gasteiger partial charge in [0, 0.05) is 65.8 Å². The van der Waals surface area contributed by atoms with Crippen LogP contribution in [-0.4, -0.2) is 18.3 Å². The van der Waals surface area contributed by atoms with Crippen LogP contribution >= 0.6 is 0 Å². The van der Waals surface area contributed by atoms with E-state index in [1.807, 2.05) is 0 Å². The first-order valence-corrected chi connectivity index (χ1v) is 20.3. The average molecular weight is 741 g/mol. The van der Waals surface area contributed by atoms with Gasteiger partial charge in [0.15, 0.2) is 0 Å². The second-order valence-corrected chi connectivity index (χ2v) is 15.6. The van der Waals surface area contributed by atoms with E-state index < -0.39 is 0 Å². The lowest BCUT2D eigenvalue weighted by Crippen LogP contribution is -2.01. The molecule has 0 N–H and O–H groups in total. The fourth-order valence-corrected chi connectivity index (χ4v) is 10.2. The Labute approximate surface area is 334 Å². The lowest BCUT2D eigenvalue weighted by Gasteiger charge is -2.15. The number of aromatic nitrogens is 4. The lowest BCUT2D eigenvalue weighted by molar-refractivity contribution is 1.02. The first-order valence-electron chi connectivity index (χ1n) is 20.3. The van der Waals surface area contributed by atoms with Crippen LogP contribution in [0, 0.1) is 0 Å². The Hall–Kier alpha value is -7.56. The molecule has 272 valence electrons. The Kier molecular flexibility index (Phi) is 6.53. The topological polar surface area (TPSA) is 19.7 Å². The molecule has 0 bridgehead atoms. The van der Waals surface area contributed by atoms with Gasteiger partial charge >= 0.3 is 0 Å². The molecule has 0 saturated heterocycles. The van der Waals surface area contributed by atoms with Crippen molar-refractivity contribution in [2.75, 3.05) is 0 Å². The van der Waals surface area contributed by atoms with E-state index in [2.05, 4.69) is 212 Å². The van der Waals surface area contributed by atoms with Gasteiger partial charge in [-0.1, -0.05) is 127 Å². The first-order chi connectivity index (χ1) is 28.8. The number of nitrogens with zero attached hydrogens (tertiary/aromatic N) is 4. The zero-order valence-electron chi connectivity index (χ0n) is 31.7. The highest BCUT2D eigenvalue weighted by molar-refractivity contribution is 6.25. The standard InChI is InChI=1S/C54H36N4/c1-3-15-35(16-4-1)55-47-23-11-7-19-39(47)43-31-33-45-41-21-9-13-25-49(41)57(53(45)51(43)55)37-27-29-38(30-28-37)58-50-26-14-10-22-42(50)46-34-32-44-40-20-8-12-24-48(40)56(52(44)54(46)58)36-17-5-2-6-18-36/h1,3-5,7-34H,2,6H2. The van der Waals surface area contributed by atoms with Crippen LogP contribution in [0.4, 0.5) is 0 Å². The van der Waals surface area contributed by atoms with Crippen molar-refractivity contribution < 1.29 is 0 Å². The number of fused-ring (bicyclic) bond motifs is 14. The normalized spacial score (nSPS) is 13.4. The monoisotopic (exact) mass is 740 g/mol. The van der Waals surface area contributed by atoms with E-state index in [1.54, 1.807) is 0 Å². The molecule has 58 heavy (non-hydrogen) atoms. The van der Waals surface area contributed by atoms with Crippen molar-refractivity contribution in [1.29, 1.82) is 0 Å². The van der Waals surface area contributed by atoms with Crippen molar-refractivity contribution in [3.8, 4) is 17.1 Å². The van der Waals surface area contributed by atoms with Gasteiger partial charge in [0.25, 0.3) is 0 Å². The van der Waals surface area contributed by atoms with E-state index in [0.29, 0.717) is 0 Å². The highest BCUT2D eigenvalue weighted by atomic mass is 15.1. The van der Waals surface area contributed by atoms with E-state index >= 15 is 0 Å². The molecule has 0 unspecified atom stereocenters. The summed E-state index contributed by atoms with van der Waals surface area (Å²) < 4.78 is 9.94. The third-order valence-electron chi connectivity index (χ3n) is 12.6. The minimum atomic E-state index is 1.04. The molecular weight excluding hydrogens is 705 g/mol. The molecule has 0 atom stereocenters. The summed E-state index contributed by atoms with van der Waals surface area (Å²) in [6.45, 7) is 0. The van der Waals surface area contributed by atoms with Crippen LogP contribution in [0.1, 0.15) is 12.8 Å². The third-order valence-corrected chi connectivity index (χ3v) is 12.6. The minimum absolute atomic E-state index is 1.04. The van der Waals surface area contributed by atoms with Crippen molar-refractivity contribution >= 4 is 92.9 Å². The molecule has 0 fully saturated rings. The Balaban J connectivity index is 1.11. The van der Waals surface area contributed by atoms with Gasteiger partial charge in [-0.25, -0.2) is 0 Å². The number of para-hydroxylation sites is 5. The minimum Gasteiger partial charge on any atom is -0.308 e. The molecule has 12 aromatic rings. The molecule has 0 spiro atoms. The maximum absolute atomic E-state index is 2.50. The van der Waals surface area contributed by atoms with Gasteiger partial charge in [-0.05, 0) is 79.6 Å². The highest BCUT2D eigenvalue weighted by Gasteiger charge is 2.23. The maximum atomic E-state index is 2.50. The molecule has 0 saturated carbocycles. The molecule has 4 aromatic heterocycles. The Morgan fingerprint density at radius 2 is 0.621 bits per heavy atom. The molecule has 0 aliphatic heterocycles. The van der Waals surface area contributed by atoms with Crippen LogP contribution in [0.2, 0.25) is 0 Å². The largest absolute Gasteiger partial charge is 0.308 e. The van der Waals surface area contributed by atoms with E-state index in [0.717, 1.165) is 29.9 Å². The number of hydrogen-bond acceptors (Lipinski definition) is 0. The number of benzene rings is 8. The summed E-state index contributed by atoms with van der Waals surface area (Å²) in [5.41, 5.74) is 14.4. The van der Waals surface area contributed by atoms with E-state index in [4.69, 9.17) is 0 Å². The highest BCUT2D eigenvalue weighted by Crippen LogP contribution is 2.44. The van der Waals surface area contributed by atoms with Gasteiger partial charge in [-0.3, -0.25) is 0 Å². The van der Waals surface area contributed by atoms with Gasteiger partial charge in [0.1, 0.15) is 0 Å². The smallest absolute Gasteiger partial charge is 0.0788 e. The summed E-state index contributed by atoms with van der Waals surface area (Å²) in [6.07, 6.45) is 9.13. The third kappa shape index (κ3) is 4.24. The number of rotatable bonds is 4. The molecule has 4 nitrogen and oxygen atoms in total. The average Bonchev–Trinajstić information content (AvgIpc) is 4.02. The van der Waals surface area contributed by atoms with Gasteiger partial charge in [0.05, 0.1) is 44.1 Å². The lowest BCUT2D eigenvalue weighted by atomic mass is 10.1. The predicted octanol–water partition coefficient (Wildman–Crippen LogP) is 14.3. The summed E-state index contributed by atoms with van der Waals surface area (Å²) in [4.78, 5) is 0. The molecule has 8 aromatic carbocycles. The quantitative estimate of drug-likeness (QED) is 0.171. The predicted molar refractivity (Wildman–Crippen MR) is 245 cm³/mol. The van der Waals surface area contributed by atoms with Crippen LogP contribution in [0.25, 0.3) is 110 Å². The maximum Gasteiger partial charge on any atom is 0.0788 e. The zero-order chi connectivity index (χ0) is 37.9. The van der Waals surface area contributed by atoms with Gasteiger partial charge < -0.3 is 18.3 Å². The van der Waals surface area contributed by atoms with E-state index in [-0.39, 0.29) is 0 Å². The van der Waals surface area contributed by atoms with Crippen LogP contribution < -0.4 is 0 Å². The van der Waals surface area contributed by atoms with Gasteiger partial charge in [-0.2, -0.15) is 0 Å². The molecule has 4 heteroatoms. The molecule has 1 aliphatic carbocycles. The number of allylic oxidation sites excluding steroid dienone is 4. The molecular formula is C54H36N4. The van der Waals surface area contributed by atoms with Crippen molar-refractivity contribution in [3.05, 3.63) is 194 Å².